The van der Waals surface area contributed by atoms with E-state index in [4.69, 9.17) is 0 Å². The smallest absolute Gasteiger partial charge is 0.298 e. The summed E-state index contributed by atoms with van der Waals surface area (Å²) in [5.41, 5.74) is 2.36. The van der Waals surface area contributed by atoms with Crippen LogP contribution in [-0.2, 0) is 18.8 Å². The summed E-state index contributed by atoms with van der Waals surface area (Å²) >= 11 is 3.13. The predicted octanol–water partition coefficient (Wildman–Crippen LogP) is 3.92. The van der Waals surface area contributed by atoms with E-state index in [1.807, 2.05) is 4.57 Å². The standard InChI is InChI=1S/C16H18N6O2S2/c1-4-6-21-15(14-9-25-11(3)13(14)5-2)18-19-16(21)26-10-20-8-12(7-17-20)22(23)24/h4,7-9H,1,5-6,10H2,2-3H3. The van der Waals surface area contributed by atoms with Crippen LogP contribution in [0.25, 0.3) is 11.4 Å². The van der Waals surface area contributed by atoms with E-state index in [1.165, 1.54) is 39.3 Å². The molecule has 0 atom stereocenters. The molecule has 0 aliphatic rings. The Morgan fingerprint density at radius 1 is 1.46 bits per heavy atom. The molecule has 10 heteroatoms. The summed E-state index contributed by atoms with van der Waals surface area (Å²) in [6.07, 6.45) is 5.38. The third-order valence-electron chi connectivity index (χ3n) is 3.88. The maximum Gasteiger partial charge on any atom is 0.307 e. The van der Waals surface area contributed by atoms with Crippen molar-refractivity contribution in [2.45, 2.75) is 37.8 Å². The summed E-state index contributed by atoms with van der Waals surface area (Å²) in [5, 5.41) is 26.3. The third kappa shape index (κ3) is 3.56. The van der Waals surface area contributed by atoms with Gasteiger partial charge in [-0.1, -0.05) is 24.8 Å². The number of rotatable bonds is 8. The molecule has 26 heavy (non-hydrogen) atoms. The Bertz CT molecular complexity index is 943. The molecular formula is C16H18N6O2S2. The monoisotopic (exact) mass is 390 g/mol. The summed E-state index contributed by atoms with van der Waals surface area (Å²) in [6.45, 7) is 8.65. The fourth-order valence-electron chi connectivity index (χ4n) is 2.64. The molecule has 0 saturated carbocycles. The van der Waals surface area contributed by atoms with Crippen LogP contribution in [0.1, 0.15) is 17.4 Å². The quantitative estimate of drug-likeness (QED) is 0.251. The molecule has 0 aliphatic heterocycles. The van der Waals surface area contributed by atoms with Gasteiger partial charge in [0.15, 0.2) is 11.0 Å². The second-order valence-electron chi connectivity index (χ2n) is 5.51. The lowest BCUT2D eigenvalue weighted by molar-refractivity contribution is -0.385. The molecule has 0 spiro atoms. The highest BCUT2D eigenvalue weighted by Gasteiger charge is 2.18. The number of aromatic nitrogens is 5. The Morgan fingerprint density at radius 2 is 2.27 bits per heavy atom. The molecule has 0 aromatic carbocycles. The largest absolute Gasteiger partial charge is 0.307 e. The average molecular weight is 390 g/mol. The fraction of sp³-hybridized carbons (Fsp3) is 0.312. The number of allylic oxidation sites excluding steroid dienone is 1. The number of aryl methyl sites for hydroxylation is 1. The molecule has 136 valence electrons. The van der Waals surface area contributed by atoms with Gasteiger partial charge in [-0.05, 0) is 18.9 Å². The van der Waals surface area contributed by atoms with Crippen molar-refractivity contribution in [3.63, 3.8) is 0 Å². The van der Waals surface area contributed by atoms with Crippen LogP contribution < -0.4 is 0 Å². The second kappa shape index (κ2) is 7.83. The molecule has 3 rings (SSSR count). The van der Waals surface area contributed by atoms with Crippen LogP contribution in [-0.4, -0.2) is 29.5 Å². The fourth-order valence-corrected chi connectivity index (χ4v) is 4.38. The van der Waals surface area contributed by atoms with E-state index in [-0.39, 0.29) is 5.69 Å². The first-order valence-electron chi connectivity index (χ1n) is 7.96. The highest BCUT2D eigenvalue weighted by Crippen LogP contribution is 2.32. The predicted molar refractivity (Wildman–Crippen MR) is 102 cm³/mol. The van der Waals surface area contributed by atoms with Crippen LogP contribution in [0.3, 0.4) is 0 Å². The first kappa shape index (κ1) is 18.3. The normalized spacial score (nSPS) is 11.0. The van der Waals surface area contributed by atoms with Crippen molar-refractivity contribution in [3.8, 4) is 11.4 Å². The molecule has 0 unspecified atom stereocenters. The molecule has 0 N–H and O–H groups in total. The molecule has 3 aromatic heterocycles. The van der Waals surface area contributed by atoms with E-state index < -0.39 is 4.92 Å². The van der Waals surface area contributed by atoms with Gasteiger partial charge in [0, 0.05) is 22.4 Å². The van der Waals surface area contributed by atoms with Gasteiger partial charge >= 0.3 is 5.69 Å². The maximum atomic E-state index is 10.8. The van der Waals surface area contributed by atoms with E-state index in [2.05, 4.69) is 41.1 Å². The van der Waals surface area contributed by atoms with Gasteiger partial charge in [-0.2, -0.15) is 5.10 Å². The van der Waals surface area contributed by atoms with Gasteiger partial charge in [0.25, 0.3) is 0 Å². The van der Waals surface area contributed by atoms with Crippen LogP contribution in [0, 0.1) is 17.0 Å². The van der Waals surface area contributed by atoms with Gasteiger partial charge in [-0.3, -0.25) is 19.4 Å². The summed E-state index contributed by atoms with van der Waals surface area (Å²) in [4.78, 5) is 11.6. The SMILES string of the molecule is C=CCn1c(SCn2cc([N+](=O)[O-])cn2)nnc1-c1csc(C)c1CC. The minimum Gasteiger partial charge on any atom is -0.298 e. The topological polar surface area (TPSA) is 91.7 Å². The summed E-state index contributed by atoms with van der Waals surface area (Å²) in [6, 6.07) is 0. The van der Waals surface area contributed by atoms with E-state index in [9.17, 15) is 10.1 Å². The second-order valence-corrected chi connectivity index (χ2v) is 7.51. The van der Waals surface area contributed by atoms with Crippen LogP contribution in [0.4, 0.5) is 5.69 Å². The van der Waals surface area contributed by atoms with Crippen molar-refractivity contribution in [1.29, 1.82) is 0 Å². The Morgan fingerprint density at radius 3 is 2.92 bits per heavy atom. The molecule has 3 heterocycles. The zero-order chi connectivity index (χ0) is 18.7. The molecule has 3 aromatic rings. The lowest BCUT2D eigenvalue weighted by Gasteiger charge is -2.08. The van der Waals surface area contributed by atoms with Gasteiger partial charge in [0.2, 0.25) is 0 Å². The van der Waals surface area contributed by atoms with E-state index in [0.29, 0.717) is 12.4 Å². The van der Waals surface area contributed by atoms with Crippen molar-refractivity contribution in [2.24, 2.45) is 0 Å². The molecule has 0 bridgehead atoms. The Labute approximate surface area is 158 Å². The van der Waals surface area contributed by atoms with Crippen LogP contribution in [0.2, 0.25) is 0 Å². The lowest BCUT2D eigenvalue weighted by atomic mass is 10.1. The molecule has 0 radical (unpaired) electrons. The van der Waals surface area contributed by atoms with Gasteiger partial charge in [-0.15, -0.1) is 28.1 Å². The zero-order valence-electron chi connectivity index (χ0n) is 14.5. The van der Waals surface area contributed by atoms with Gasteiger partial charge in [0.05, 0.1) is 10.8 Å². The highest BCUT2D eigenvalue weighted by molar-refractivity contribution is 7.98. The number of hydrogen-bond acceptors (Lipinski definition) is 7. The average Bonchev–Trinajstić information content (AvgIpc) is 3.32. The molecular weight excluding hydrogens is 372 g/mol. The van der Waals surface area contributed by atoms with Crippen molar-refractivity contribution in [3.05, 3.63) is 51.0 Å². The van der Waals surface area contributed by atoms with Crippen LogP contribution in [0.5, 0.6) is 0 Å². The first-order valence-corrected chi connectivity index (χ1v) is 9.82. The van der Waals surface area contributed by atoms with Gasteiger partial charge < -0.3 is 0 Å². The number of hydrogen-bond donors (Lipinski definition) is 0. The van der Waals surface area contributed by atoms with Crippen LogP contribution in [0.15, 0.2) is 35.6 Å². The zero-order valence-corrected chi connectivity index (χ0v) is 16.1. The summed E-state index contributed by atoms with van der Waals surface area (Å²) < 4.78 is 3.53. The van der Waals surface area contributed by atoms with Gasteiger partial charge in [-0.25, -0.2) is 0 Å². The van der Waals surface area contributed by atoms with Crippen molar-refractivity contribution >= 4 is 28.8 Å². The van der Waals surface area contributed by atoms with E-state index >= 15 is 0 Å². The van der Waals surface area contributed by atoms with Crippen molar-refractivity contribution in [1.82, 2.24) is 24.5 Å². The maximum absolute atomic E-state index is 10.8. The molecule has 0 aliphatic carbocycles. The minimum absolute atomic E-state index is 0.0276. The number of nitrogens with zero attached hydrogens (tertiary/aromatic N) is 6. The highest BCUT2D eigenvalue weighted by atomic mass is 32.2. The first-order chi connectivity index (χ1) is 12.5. The van der Waals surface area contributed by atoms with E-state index in [0.717, 1.165) is 23.0 Å². The minimum atomic E-state index is -0.461. The van der Waals surface area contributed by atoms with E-state index in [1.54, 1.807) is 17.4 Å². The number of nitro groups is 1. The molecule has 0 amide bonds. The van der Waals surface area contributed by atoms with Gasteiger partial charge in [0.1, 0.15) is 12.4 Å². The Kier molecular flexibility index (Phi) is 5.52. The number of thiophene rings is 1. The van der Waals surface area contributed by atoms with Crippen molar-refractivity contribution in [2.75, 3.05) is 0 Å². The molecule has 0 saturated heterocycles. The lowest BCUT2D eigenvalue weighted by Crippen LogP contribution is -2.03. The molecule has 8 nitrogen and oxygen atoms in total. The van der Waals surface area contributed by atoms with Crippen molar-refractivity contribution < 1.29 is 4.92 Å². The summed E-state index contributed by atoms with van der Waals surface area (Å²) in [5.74, 6) is 1.23. The Hall–Kier alpha value is -2.46. The Balaban J connectivity index is 1.86. The third-order valence-corrected chi connectivity index (χ3v) is 5.79. The number of thioether (sulfide) groups is 1. The molecule has 0 fully saturated rings. The summed E-state index contributed by atoms with van der Waals surface area (Å²) in [7, 11) is 0. The van der Waals surface area contributed by atoms with Crippen LogP contribution >= 0.6 is 23.1 Å².